The fourth-order valence-corrected chi connectivity index (χ4v) is 9.54. The van der Waals surface area contributed by atoms with Crippen molar-refractivity contribution in [2.75, 3.05) is 25.7 Å². The van der Waals surface area contributed by atoms with Crippen LogP contribution in [-0.4, -0.2) is 64.7 Å². The van der Waals surface area contributed by atoms with Gasteiger partial charge in [0.15, 0.2) is 4.90 Å². The number of allylic oxidation sites excluding steroid dienone is 5. The number of esters is 2. The molecule has 0 bridgehead atoms. The fourth-order valence-electron chi connectivity index (χ4n) is 7.60. The Bertz CT molecular complexity index is 2500. The monoisotopic (exact) mass is 874 g/mol. The molecule has 0 radical (unpaired) electrons. The Morgan fingerprint density at radius 3 is 1.98 bits per heavy atom. The highest BCUT2D eigenvalue weighted by molar-refractivity contribution is 7.99. The maximum Gasteiger partial charge on any atom is 0.305 e. The van der Waals surface area contributed by atoms with Gasteiger partial charge in [-0.15, -0.1) is 11.8 Å². The van der Waals surface area contributed by atoms with E-state index in [-0.39, 0.29) is 36.6 Å². The standard InChI is InChI=1S/C49H54N4O7S2/c1-28-9-13-34(14-10-28)61-23-21-38-33(6)48(56)53-45(38)26-41-31(4)37(18-20-47(55)60-8)44(51-41)27-43-36(17-19-46(54)59-7)30(3)40(50-43)25-42-32(5)39(49(57)52-42)22-24-62(58)35-15-11-29(2)12-16-35/h9-16,25-27,50H,17-24H2,1-8H3,(H,52,57)(H,53,56)/b42-25-,44-27-,45-26-. The molecule has 2 aromatic carbocycles. The van der Waals surface area contributed by atoms with Crippen LogP contribution in [0, 0.1) is 20.8 Å². The van der Waals surface area contributed by atoms with E-state index in [1.54, 1.807) is 11.8 Å². The van der Waals surface area contributed by atoms with Crippen LogP contribution in [0.4, 0.5) is 0 Å². The molecule has 0 saturated carbocycles. The zero-order valence-corrected chi connectivity index (χ0v) is 38.3. The summed E-state index contributed by atoms with van der Waals surface area (Å²) in [6.07, 6.45) is 7.77. The van der Waals surface area contributed by atoms with Crippen LogP contribution in [0.15, 0.2) is 120 Å². The topological polar surface area (TPSA) is 162 Å². The van der Waals surface area contributed by atoms with E-state index in [4.69, 9.17) is 14.5 Å². The lowest BCUT2D eigenvalue weighted by Gasteiger charge is -2.10. The molecule has 4 heterocycles. The van der Waals surface area contributed by atoms with Crippen LogP contribution in [0.2, 0.25) is 0 Å². The number of H-pyrrole nitrogens is 1. The Morgan fingerprint density at radius 2 is 1.32 bits per heavy atom. The lowest BCUT2D eigenvalue weighted by molar-refractivity contribution is -0.141. The van der Waals surface area contributed by atoms with Crippen LogP contribution in [0.1, 0.15) is 86.5 Å². The van der Waals surface area contributed by atoms with Gasteiger partial charge in [-0.05, 0) is 148 Å². The third-order valence-corrected chi connectivity index (χ3v) is 13.9. The number of benzene rings is 2. The van der Waals surface area contributed by atoms with Gasteiger partial charge in [0.25, 0.3) is 11.8 Å². The van der Waals surface area contributed by atoms with Crippen molar-refractivity contribution < 1.29 is 33.2 Å². The number of carbonyl (C=O) groups is 4. The predicted molar refractivity (Wildman–Crippen MR) is 247 cm³/mol. The number of aromatic amines is 1. The Balaban J connectivity index is 1.33. The third-order valence-electron chi connectivity index (χ3n) is 11.5. The molecule has 0 fully saturated rings. The van der Waals surface area contributed by atoms with Crippen LogP contribution in [0.5, 0.6) is 0 Å². The van der Waals surface area contributed by atoms with Gasteiger partial charge in [0.05, 0.1) is 25.6 Å². The molecule has 0 saturated heterocycles. The van der Waals surface area contributed by atoms with E-state index in [1.165, 1.54) is 19.8 Å². The van der Waals surface area contributed by atoms with Crippen LogP contribution >= 0.6 is 11.8 Å². The number of nitrogens with zero attached hydrogens (tertiary/aromatic N) is 1. The maximum atomic E-state index is 13.2. The molecule has 3 aliphatic heterocycles. The van der Waals surface area contributed by atoms with Crippen molar-refractivity contribution in [1.82, 2.24) is 15.6 Å². The Hall–Kier alpha value is -5.63. The summed E-state index contributed by atoms with van der Waals surface area (Å²) in [7, 11) is 2.72. The maximum absolute atomic E-state index is 13.2. The van der Waals surface area contributed by atoms with Crippen molar-refractivity contribution in [3.63, 3.8) is 0 Å². The molecule has 1 unspecified atom stereocenters. The number of methoxy groups -OCH3 is 2. The van der Waals surface area contributed by atoms with Crippen molar-refractivity contribution in [3.05, 3.63) is 139 Å². The highest BCUT2D eigenvalue weighted by Gasteiger charge is 2.29. The molecule has 0 spiro atoms. The van der Waals surface area contributed by atoms with Crippen molar-refractivity contribution in [2.45, 2.75) is 89.9 Å². The first kappa shape index (κ1) is 45.9. The second kappa shape index (κ2) is 20.5. The first-order valence-corrected chi connectivity index (χ1v) is 22.9. The number of nitrogens with one attached hydrogen (secondary N) is 3. The van der Waals surface area contributed by atoms with Gasteiger partial charge in [-0.3, -0.25) is 19.2 Å². The van der Waals surface area contributed by atoms with Crippen molar-refractivity contribution in [3.8, 4) is 0 Å². The van der Waals surface area contributed by atoms with E-state index in [9.17, 15) is 23.7 Å². The minimum Gasteiger partial charge on any atom is -0.611 e. The Labute approximate surface area is 371 Å². The SMILES string of the molecule is COC(=O)CCC1=C(C)C(/C=C2\NC(=O)C(C)=C2CCSc2ccc(C)cc2)=NC/1=C\c1[nH]c(/C=C2\NC(=O)C(CC[S+]([O-])c3ccc(C)cc3)=C2C)c(C)c1CCC(=O)OC. The van der Waals surface area contributed by atoms with Gasteiger partial charge >= 0.3 is 11.9 Å². The number of ether oxygens (including phenoxy) is 2. The van der Waals surface area contributed by atoms with Crippen LogP contribution in [0.25, 0.3) is 12.2 Å². The predicted octanol–water partition coefficient (Wildman–Crippen LogP) is 8.61. The van der Waals surface area contributed by atoms with Gasteiger partial charge < -0.3 is 29.6 Å². The second-order valence-corrected chi connectivity index (χ2v) is 18.3. The normalized spacial score (nSPS) is 17.8. The largest absolute Gasteiger partial charge is 0.611 e. The van der Waals surface area contributed by atoms with Crippen LogP contribution < -0.4 is 10.6 Å². The van der Waals surface area contributed by atoms with E-state index >= 15 is 0 Å². The number of hydrogen-bond acceptors (Lipinski definition) is 9. The summed E-state index contributed by atoms with van der Waals surface area (Å²) in [5.41, 5.74) is 12.8. The Kier molecular flexibility index (Phi) is 15.2. The van der Waals surface area contributed by atoms with Crippen LogP contribution in [-0.2, 0) is 46.2 Å². The average molecular weight is 875 g/mol. The summed E-state index contributed by atoms with van der Waals surface area (Å²) in [6, 6.07) is 16.0. The smallest absolute Gasteiger partial charge is 0.305 e. The molecule has 3 aromatic rings. The second-order valence-electron chi connectivity index (χ2n) is 15.6. The minimum atomic E-state index is -1.26. The number of amides is 2. The highest BCUT2D eigenvalue weighted by Crippen LogP contribution is 2.36. The summed E-state index contributed by atoms with van der Waals surface area (Å²) < 4.78 is 23.1. The third kappa shape index (κ3) is 10.9. The van der Waals surface area contributed by atoms with Gasteiger partial charge in [-0.1, -0.05) is 35.4 Å². The lowest BCUT2D eigenvalue weighted by atomic mass is 9.98. The first-order valence-electron chi connectivity index (χ1n) is 20.6. The number of aromatic nitrogens is 1. The summed E-state index contributed by atoms with van der Waals surface area (Å²) in [6.45, 7) is 11.7. The summed E-state index contributed by atoms with van der Waals surface area (Å²) in [5.74, 6) is 0.0389. The molecule has 62 heavy (non-hydrogen) atoms. The molecule has 13 heteroatoms. The molecule has 6 rings (SSSR count). The Morgan fingerprint density at radius 1 is 0.694 bits per heavy atom. The quantitative estimate of drug-likeness (QED) is 0.0690. The molecule has 1 atom stereocenters. The number of hydrogen-bond donors (Lipinski definition) is 3. The molecule has 324 valence electrons. The van der Waals surface area contributed by atoms with E-state index in [1.807, 2.05) is 77.1 Å². The summed E-state index contributed by atoms with van der Waals surface area (Å²) >= 11 is 0.480. The molecular weight excluding hydrogens is 821 g/mol. The average Bonchev–Trinajstić information content (AvgIpc) is 3.90. The highest BCUT2D eigenvalue weighted by atomic mass is 32.2. The van der Waals surface area contributed by atoms with E-state index in [2.05, 4.69) is 46.8 Å². The van der Waals surface area contributed by atoms with E-state index < -0.39 is 11.2 Å². The number of carbonyl (C=O) groups excluding carboxylic acids is 4. The molecule has 3 N–H and O–H groups in total. The van der Waals surface area contributed by atoms with Crippen LogP contribution in [0.3, 0.4) is 0 Å². The van der Waals surface area contributed by atoms with Crippen molar-refractivity contribution in [1.29, 1.82) is 0 Å². The number of aliphatic imine (C=N–C) groups is 1. The van der Waals surface area contributed by atoms with Gasteiger partial charge in [-0.25, -0.2) is 4.99 Å². The number of thioether (sulfide) groups is 1. The fraction of sp³-hybridized carbons (Fsp3) is 0.327. The molecular formula is C49H54N4O7S2. The molecule has 1 aromatic heterocycles. The zero-order chi connectivity index (χ0) is 44.7. The minimum absolute atomic E-state index is 0.139. The molecule has 11 nitrogen and oxygen atoms in total. The molecule has 2 amide bonds. The lowest BCUT2D eigenvalue weighted by Crippen LogP contribution is -2.18. The van der Waals surface area contributed by atoms with Crippen molar-refractivity contribution in [2.24, 2.45) is 4.99 Å². The van der Waals surface area contributed by atoms with Crippen molar-refractivity contribution >= 4 is 64.6 Å². The van der Waals surface area contributed by atoms with Gasteiger partial charge in [0.2, 0.25) is 0 Å². The van der Waals surface area contributed by atoms with E-state index in [0.29, 0.717) is 71.1 Å². The zero-order valence-electron chi connectivity index (χ0n) is 36.6. The molecule has 0 aliphatic carbocycles. The number of aryl methyl sites for hydroxylation is 2. The van der Waals surface area contributed by atoms with E-state index in [0.717, 1.165) is 60.2 Å². The van der Waals surface area contributed by atoms with Gasteiger partial charge in [0, 0.05) is 63.8 Å². The summed E-state index contributed by atoms with van der Waals surface area (Å²) in [5, 5.41) is 6.06. The summed E-state index contributed by atoms with van der Waals surface area (Å²) in [4.78, 5) is 61.6. The first-order chi connectivity index (χ1) is 29.7. The van der Waals surface area contributed by atoms with Gasteiger partial charge in [0.1, 0.15) is 5.75 Å². The molecule has 3 aliphatic rings. The number of rotatable bonds is 17. The van der Waals surface area contributed by atoms with Gasteiger partial charge in [-0.2, -0.15) is 0 Å².